The number of rotatable bonds is 6. The Morgan fingerprint density at radius 3 is 2.60 bits per heavy atom. The van der Waals surface area contributed by atoms with Crippen LogP contribution in [0.5, 0.6) is 0 Å². The Bertz CT molecular complexity index is 775. The number of halogens is 3. The van der Waals surface area contributed by atoms with Gasteiger partial charge in [-0.3, -0.25) is 9.59 Å². The number of aromatic amines is 1. The Morgan fingerprint density at radius 1 is 1.32 bits per heavy atom. The van der Waals surface area contributed by atoms with Gasteiger partial charge < -0.3 is 15.0 Å². The Morgan fingerprint density at radius 2 is 2.00 bits per heavy atom. The molecular weight excluding hydrogens is 339 g/mol. The summed E-state index contributed by atoms with van der Waals surface area (Å²) in [7, 11) is 0. The van der Waals surface area contributed by atoms with Gasteiger partial charge in [0.15, 0.2) is 6.10 Å². The fourth-order valence-electron chi connectivity index (χ4n) is 2.14. The number of carbonyl (C=O) groups is 1. The van der Waals surface area contributed by atoms with E-state index in [0.29, 0.717) is 11.5 Å². The van der Waals surface area contributed by atoms with E-state index in [0.717, 1.165) is 0 Å². The van der Waals surface area contributed by atoms with Crippen molar-refractivity contribution in [2.45, 2.75) is 25.7 Å². The zero-order valence-electron chi connectivity index (χ0n) is 13.3. The van der Waals surface area contributed by atoms with E-state index in [1.165, 1.54) is 30.3 Å². The van der Waals surface area contributed by atoms with Gasteiger partial charge in [0.2, 0.25) is 5.91 Å². The fraction of sp³-hybridized carbons (Fsp3) is 0.312. The second-order valence-electron chi connectivity index (χ2n) is 5.24. The maximum Gasteiger partial charge on any atom is 0.418 e. The van der Waals surface area contributed by atoms with Crippen LogP contribution in [-0.2, 0) is 16.1 Å². The Labute approximate surface area is 141 Å². The molecule has 1 atom stereocenters. The van der Waals surface area contributed by atoms with Crippen molar-refractivity contribution in [1.29, 1.82) is 0 Å². The monoisotopic (exact) mass is 355 g/mol. The number of nitrogens with zero attached hydrogens (tertiary/aromatic N) is 1. The van der Waals surface area contributed by atoms with Gasteiger partial charge in [-0.05, 0) is 12.5 Å². The molecule has 1 aromatic carbocycles. The largest absolute Gasteiger partial charge is 0.418 e. The number of nitrogens with one attached hydrogen (secondary N) is 2. The van der Waals surface area contributed by atoms with Crippen LogP contribution < -0.4 is 10.9 Å². The smallest absolute Gasteiger partial charge is 0.354 e. The average Bonchev–Trinajstić information content (AvgIpc) is 2.52. The molecule has 0 bridgehead atoms. The molecule has 134 valence electrons. The zero-order valence-corrected chi connectivity index (χ0v) is 13.3. The molecule has 25 heavy (non-hydrogen) atoms. The standard InChI is InChI=1S/C16H16F3N3O3/c1-10-21-12(7-13(23)22-10)8-20-14(24)9-25-15(16(17,18)19)11-5-3-2-4-6-11/h2-7,15H,8-9H2,1H3,(H,20,24)(H,21,22,23)/t15-/m1/s1. The summed E-state index contributed by atoms with van der Waals surface area (Å²) in [4.78, 5) is 29.5. The van der Waals surface area contributed by atoms with Crippen molar-refractivity contribution >= 4 is 5.91 Å². The minimum absolute atomic E-state index is 0.0883. The highest BCUT2D eigenvalue weighted by atomic mass is 19.4. The van der Waals surface area contributed by atoms with Gasteiger partial charge in [-0.25, -0.2) is 4.98 Å². The summed E-state index contributed by atoms with van der Waals surface area (Å²) in [6.45, 7) is 0.708. The summed E-state index contributed by atoms with van der Waals surface area (Å²) in [5.74, 6) is -0.376. The molecule has 0 saturated heterocycles. The highest BCUT2D eigenvalue weighted by molar-refractivity contribution is 5.77. The van der Waals surface area contributed by atoms with E-state index in [-0.39, 0.29) is 17.7 Å². The molecule has 0 saturated carbocycles. The van der Waals surface area contributed by atoms with Crippen LogP contribution in [0, 0.1) is 6.92 Å². The normalized spacial score (nSPS) is 12.6. The van der Waals surface area contributed by atoms with Crippen LogP contribution in [0.3, 0.4) is 0 Å². The SMILES string of the molecule is Cc1nc(CNC(=O)CO[C@H](c2ccccc2)C(F)(F)F)cc(=O)[nH]1. The number of alkyl halides is 3. The Hall–Kier alpha value is -2.68. The second-order valence-corrected chi connectivity index (χ2v) is 5.24. The molecule has 0 radical (unpaired) electrons. The van der Waals surface area contributed by atoms with E-state index in [9.17, 15) is 22.8 Å². The van der Waals surface area contributed by atoms with Gasteiger partial charge in [0.1, 0.15) is 12.4 Å². The predicted molar refractivity (Wildman–Crippen MR) is 82.6 cm³/mol. The number of hydrogen-bond acceptors (Lipinski definition) is 4. The summed E-state index contributed by atoms with van der Waals surface area (Å²) in [5.41, 5.74) is -0.172. The molecule has 0 aliphatic rings. The maximum absolute atomic E-state index is 13.1. The van der Waals surface area contributed by atoms with E-state index >= 15 is 0 Å². The summed E-state index contributed by atoms with van der Waals surface area (Å²) in [6.07, 6.45) is -6.84. The molecule has 0 fully saturated rings. The molecule has 2 N–H and O–H groups in total. The minimum Gasteiger partial charge on any atom is -0.354 e. The minimum atomic E-state index is -4.65. The number of benzene rings is 1. The quantitative estimate of drug-likeness (QED) is 0.830. The highest BCUT2D eigenvalue weighted by Crippen LogP contribution is 2.35. The summed E-state index contributed by atoms with van der Waals surface area (Å²) in [6, 6.07) is 8.24. The lowest BCUT2D eigenvalue weighted by Crippen LogP contribution is -2.32. The van der Waals surface area contributed by atoms with E-state index in [2.05, 4.69) is 15.3 Å². The molecule has 0 spiro atoms. The summed E-state index contributed by atoms with van der Waals surface area (Å²) < 4.78 is 44.0. The lowest BCUT2D eigenvalue weighted by Gasteiger charge is -2.21. The van der Waals surface area contributed by atoms with Gasteiger partial charge >= 0.3 is 6.18 Å². The number of aromatic nitrogens is 2. The van der Waals surface area contributed by atoms with Crippen molar-refractivity contribution in [2.75, 3.05) is 6.61 Å². The lowest BCUT2D eigenvalue weighted by molar-refractivity contribution is -0.223. The molecule has 2 rings (SSSR count). The number of aryl methyl sites for hydroxylation is 1. The van der Waals surface area contributed by atoms with Crippen molar-refractivity contribution in [3.05, 3.63) is 63.8 Å². The van der Waals surface area contributed by atoms with Crippen LogP contribution in [0.15, 0.2) is 41.2 Å². The first-order valence-corrected chi connectivity index (χ1v) is 7.32. The molecule has 1 aromatic heterocycles. The number of H-pyrrole nitrogens is 1. The van der Waals surface area contributed by atoms with Crippen molar-refractivity contribution < 1.29 is 22.7 Å². The predicted octanol–water partition coefficient (Wildman–Crippen LogP) is 2.01. The van der Waals surface area contributed by atoms with Gasteiger partial charge in [-0.1, -0.05) is 30.3 Å². The van der Waals surface area contributed by atoms with Gasteiger partial charge in [0.25, 0.3) is 5.56 Å². The first-order chi connectivity index (χ1) is 11.8. The van der Waals surface area contributed by atoms with Crippen LogP contribution in [0.1, 0.15) is 23.2 Å². The van der Waals surface area contributed by atoms with E-state index in [1.807, 2.05) is 0 Å². The van der Waals surface area contributed by atoms with Crippen LogP contribution in [0.25, 0.3) is 0 Å². The van der Waals surface area contributed by atoms with Crippen molar-refractivity contribution in [3.63, 3.8) is 0 Å². The van der Waals surface area contributed by atoms with Crippen LogP contribution in [-0.4, -0.2) is 28.7 Å². The molecule has 1 amide bonds. The van der Waals surface area contributed by atoms with Gasteiger partial charge in [0.05, 0.1) is 12.2 Å². The number of carbonyl (C=O) groups excluding carboxylic acids is 1. The number of ether oxygens (including phenoxy) is 1. The molecule has 6 nitrogen and oxygen atoms in total. The second kappa shape index (κ2) is 7.93. The zero-order chi connectivity index (χ0) is 18.4. The van der Waals surface area contributed by atoms with E-state index in [4.69, 9.17) is 4.74 Å². The molecule has 2 aromatic rings. The third-order valence-corrected chi connectivity index (χ3v) is 3.16. The van der Waals surface area contributed by atoms with Gasteiger partial charge in [-0.15, -0.1) is 0 Å². The molecule has 1 heterocycles. The maximum atomic E-state index is 13.1. The molecule has 9 heteroatoms. The van der Waals surface area contributed by atoms with Crippen LogP contribution >= 0.6 is 0 Å². The third-order valence-electron chi connectivity index (χ3n) is 3.16. The Balaban J connectivity index is 1.94. The van der Waals surface area contributed by atoms with Crippen LogP contribution in [0.4, 0.5) is 13.2 Å². The first-order valence-electron chi connectivity index (χ1n) is 7.32. The summed E-state index contributed by atoms with van der Waals surface area (Å²) in [5, 5.41) is 2.37. The topological polar surface area (TPSA) is 84.1 Å². The van der Waals surface area contributed by atoms with E-state index in [1.54, 1.807) is 13.0 Å². The summed E-state index contributed by atoms with van der Waals surface area (Å²) >= 11 is 0. The Kier molecular flexibility index (Phi) is 5.92. The van der Waals surface area contributed by atoms with Gasteiger partial charge in [-0.2, -0.15) is 13.2 Å². The number of hydrogen-bond donors (Lipinski definition) is 2. The van der Waals surface area contributed by atoms with Gasteiger partial charge in [0, 0.05) is 6.07 Å². The average molecular weight is 355 g/mol. The van der Waals surface area contributed by atoms with Crippen LogP contribution in [0.2, 0.25) is 0 Å². The van der Waals surface area contributed by atoms with Crippen molar-refractivity contribution in [3.8, 4) is 0 Å². The fourth-order valence-corrected chi connectivity index (χ4v) is 2.14. The van der Waals surface area contributed by atoms with E-state index < -0.39 is 24.8 Å². The molecule has 0 unspecified atom stereocenters. The first kappa shape index (κ1) is 18.7. The highest BCUT2D eigenvalue weighted by Gasteiger charge is 2.42. The number of amides is 1. The molecule has 0 aliphatic carbocycles. The molecular formula is C16H16F3N3O3. The van der Waals surface area contributed by atoms with Crippen molar-refractivity contribution in [2.24, 2.45) is 0 Å². The van der Waals surface area contributed by atoms with Crippen molar-refractivity contribution in [1.82, 2.24) is 15.3 Å². The third kappa shape index (κ3) is 5.71. The lowest BCUT2D eigenvalue weighted by atomic mass is 10.1. The molecule has 0 aliphatic heterocycles.